The first-order chi connectivity index (χ1) is 18.1. The van der Waals surface area contributed by atoms with Gasteiger partial charge in [-0.3, -0.25) is 14.4 Å². The zero-order valence-corrected chi connectivity index (χ0v) is 21.6. The van der Waals surface area contributed by atoms with Crippen LogP contribution in [0.3, 0.4) is 0 Å². The average Bonchev–Trinajstić information content (AvgIpc) is 3.30. The SMILES string of the molecule is COCCCNC(=O)c1ccccc1NC(=O)c1ccc([C@@H]2SCC(=O)N2CCc2ccccc2)cc1. The Morgan fingerprint density at radius 3 is 2.46 bits per heavy atom. The first-order valence-electron chi connectivity index (χ1n) is 12.3. The number of ether oxygens (including phenoxy) is 1. The maximum atomic E-state index is 13.0. The highest BCUT2D eigenvalue weighted by molar-refractivity contribution is 8.00. The molecular formula is C29H31N3O4S. The third-order valence-electron chi connectivity index (χ3n) is 6.14. The summed E-state index contributed by atoms with van der Waals surface area (Å²) in [5.41, 5.74) is 3.51. The van der Waals surface area contributed by atoms with E-state index in [1.165, 1.54) is 5.56 Å². The summed E-state index contributed by atoms with van der Waals surface area (Å²) >= 11 is 1.60. The van der Waals surface area contributed by atoms with E-state index in [0.29, 0.717) is 48.7 Å². The summed E-state index contributed by atoms with van der Waals surface area (Å²) in [6, 6.07) is 24.4. The lowest BCUT2D eigenvalue weighted by Crippen LogP contribution is -2.30. The standard InChI is InChI=1S/C29H31N3O4S/c1-36-19-7-17-30-28(35)24-10-5-6-11-25(24)31-27(34)22-12-14-23(15-13-22)29-32(26(33)20-37-29)18-16-21-8-3-2-4-9-21/h2-6,8-15,29H,7,16-20H2,1H3,(H,30,35)(H,31,34)/t29-/m0/s1. The van der Waals surface area contributed by atoms with Crippen molar-refractivity contribution in [3.8, 4) is 0 Å². The summed E-state index contributed by atoms with van der Waals surface area (Å²) in [6.07, 6.45) is 1.50. The van der Waals surface area contributed by atoms with E-state index in [-0.39, 0.29) is 23.1 Å². The number of nitrogens with one attached hydrogen (secondary N) is 2. The van der Waals surface area contributed by atoms with Gasteiger partial charge in [0.25, 0.3) is 11.8 Å². The molecule has 0 spiro atoms. The van der Waals surface area contributed by atoms with Crippen molar-refractivity contribution >= 4 is 35.2 Å². The maximum Gasteiger partial charge on any atom is 0.255 e. The Labute approximate surface area is 221 Å². The van der Waals surface area contributed by atoms with Crippen LogP contribution in [0.1, 0.15) is 43.6 Å². The molecule has 0 aliphatic carbocycles. The molecule has 3 aromatic rings. The molecule has 2 N–H and O–H groups in total. The van der Waals surface area contributed by atoms with Gasteiger partial charge in [0.05, 0.1) is 17.0 Å². The number of anilines is 1. The lowest BCUT2D eigenvalue weighted by molar-refractivity contribution is -0.128. The number of amides is 3. The second-order valence-electron chi connectivity index (χ2n) is 8.71. The largest absolute Gasteiger partial charge is 0.385 e. The molecule has 1 atom stereocenters. The first kappa shape index (κ1) is 26.4. The Balaban J connectivity index is 1.39. The summed E-state index contributed by atoms with van der Waals surface area (Å²) in [6.45, 7) is 1.69. The van der Waals surface area contributed by atoms with E-state index >= 15 is 0 Å². The average molecular weight is 518 g/mol. The summed E-state index contributed by atoms with van der Waals surface area (Å²) in [4.78, 5) is 40.0. The molecule has 1 heterocycles. The highest BCUT2D eigenvalue weighted by Gasteiger charge is 2.32. The van der Waals surface area contributed by atoms with Gasteiger partial charge in [-0.05, 0) is 48.2 Å². The van der Waals surface area contributed by atoms with Crippen LogP contribution in [0.5, 0.6) is 0 Å². The molecule has 0 bridgehead atoms. The number of carbonyl (C=O) groups excluding carboxylic acids is 3. The molecule has 1 saturated heterocycles. The van der Waals surface area contributed by atoms with Crippen LogP contribution in [0.4, 0.5) is 5.69 Å². The normalized spacial score (nSPS) is 15.0. The topological polar surface area (TPSA) is 87.7 Å². The van der Waals surface area contributed by atoms with Gasteiger partial charge in [0.1, 0.15) is 5.37 Å². The molecule has 0 unspecified atom stereocenters. The van der Waals surface area contributed by atoms with Crippen LogP contribution < -0.4 is 10.6 Å². The second-order valence-corrected chi connectivity index (χ2v) is 9.78. The van der Waals surface area contributed by atoms with Crippen LogP contribution in [0.25, 0.3) is 0 Å². The van der Waals surface area contributed by atoms with E-state index in [2.05, 4.69) is 22.8 Å². The van der Waals surface area contributed by atoms with Gasteiger partial charge < -0.3 is 20.3 Å². The lowest BCUT2D eigenvalue weighted by Gasteiger charge is -2.24. The van der Waals surface area contributed by atoms with Crippen LogP contribution in [-0.4, -0.2) is 55.2 Å². The van der Waals surface area contributed by atoms with E-state index in [4.69, 9.17) is 4.74 Å². The third kappa shape index (κ3) is 6.99. The van der Waals surface area contributed by atoms with Gasteiger partial charge in [0.15, 0.2) is 0 Å². The fourth-order valence-electron chi connectivity index (χ4n) is 4.16. The van der Waals surface area contributed by atoms with E-state index < -0.39 is 0 Å². The predicted molar refractivity (Wildman–Crippen MR) is 147 cm³/mol. The molecule has 1 aliphatic rings. The van der Waals surface area contributed by atoms with Gasteiger partial charge in [0, 0.05) is 32.4 Å². The number of benzene rings is 3. The smallest absolute Gasteiger partial charge is 0.255 e. The van der Waals surface area contributed by atoms with Crippen molar-refractivity contribution in [2.24, 2.45) is 0 Å². The molecule has 3 aromatic carbocycles. The number of hydrogen-bond acceptors (Lipinski definition) is 5. The van der Waals surface area contributed by atoms with Crippen LogP contribution in [-0.2, 0) is 16.0 Å². The van der Waals surface area contributed by atoms with E-state index in [0.717, 1.165) is 12.0 Å². The van der Waals surface area contributed by atoms with Gasteiger partial charge >= 0.3 is 0 Å². The zero-order valence-electron chi connectivity index (χ0n) is 20.8. The Bertz CT molecular complexity index is 1220. The Morgan fingerprint density at radius 1 is 0.973 bits per heavy atom. The molecular weight excluding hydrogens is 486 g/mol. The number of carbonyl (C=O) groups is 3. The van der Waals surface area contributed by atoms with Gasteiger partial charge in [-0.25, -0.2) is 0 Å². The second kappa shape index (κ2) is 13.1. The number of rotatable bonds is 11. The van der Waals surface area contributed by atoms with Crippen LogP contribution >= 0.6 is 11.8 Å². The summed E-state index contributed by atoms with van der Waals surface area (Å²) in [7, 11) is 1.62. The molecule has 192 valence electrons. The summed E-state index contributed by atoms with van der Waals surface area (Å²) < 4.78 is 5.01. The van der Waals surface area contributed by atoms with Crippen molar-refractivity contribution in [2.75, 3.05) is 37.9 Å². The molecule has 3 amide bonds. The van der Waals surface area contributed by atoms with Crippen LogP contribution in [0, 0.1) is 0 Å². The number of thioether (sulfide) groups is 1. The van der Waals surface area contributed by atoms with Crippen molar-refractivity contribution in [1.82, 2.24) is 10.2 Å². The molecule has 1 aliphatic heterocycles. The molecule has 0 aromatic heterocycles. The lowest BCUT2D eigenvalue weighted by atomic mass is 10.1. The minimum atomic E-state index is -0.303. The van der Waals surface area contributed by atoms with E-state index in [9.17, 15) is 14.4 Å². The third-order valence-corrected chi connectivity index (χ3v) is 7.40. The van der Waals surface area contributed by atoms with Gasteiger partial charge in [-0.2, -0.15) is 0 Å². The van der Waals surface area contributed by atoms with Crippen LogP contribution in [0.2, 0.25) is 0 Å². The Kier molecular flexibility index (Phi) is 9.35. The molecule has 1 fully saturated rings. The molecule has 0 saturated carbocycles. The fraction of sp³-hybridized carbons (Fsp3) is 0.276. The molecule has 37 heavy (non-hydrogen) atoms. The number of hydrogen-bond donors (Lipinski definition) is 2. The quantitative estimate of drug-likeness (QED) is 0.365. The van der Waals surface area contributed by atoms with E-state index in [1.54, 1.807) is 55.3 Å². The zero-order chi connectivity index (χ0) is 26.0. The predicted octanol–water partition coefficient (Wildman–Crippen LogP) is 4.52. The van der Waals surface area contributed by atoms with Crippen molar-refractivity contribution in [3.63, 3.8) is 0 Å². The molecule has 0 radical (unpaired) electrons. The van der Waals surface area contributed by atoms with Crippen molar-refractivity contribution < 1.29 is 19.1 Å². The Hall–Kier alpha value is -3.62. The highest BCUT2D eigenvalue weighted by atomic mass is 32.2. The molecule has 7 nitrogen and oxygen atoms in total. The number of methoxy groups -OCH3 is 1. The van der Waals surface area contributed by atoms with Crippen molar-refractivity contribution in [3.05, 3.63) is 101 Å². The van der Waals surface area contributed by atoms with Crippen molar-refractivity contribution in [2.45, 2.75) is 18.2 Å². The maximum absolute atomic E-state index is 13.0. The van der Waals surface area contributed by atoms with E-state index in [1.807, 2.05) is 35.2 Å². The van der Waals surface area contributed by atoms with Gasteiger partial charge in [-0.1, -0.05) is 54.6 Å². The van der Waals surface area contributed by atoms with Crippen molar-refractivity contribution in [1.29, 1.82) is 0 Å². The summed E-state index contributed by atoms with van der Waals surface area (Å²) in [5.74, 6) is 0.0273. The Morgan fingerprint density at radius 2 is 1.70 bits per heavy atom. The monoisotopic (exact) mass is 517 g/mol. The summed E-state index contributed by atoms with van der Waals surface area (Å²) in [5, 5.41) is 5.63. The minimum Gasteiger partial charge on any atom is -0.385 e. The highest BCUT2D eigenvalue weighted by Crippen LogP contribution is 2.38. The van der Waals surface area contributed by atoms with Crippen LogP contribution in [0.15, 0.2) is 78.9 Å². The van der Waals surface area contributed by atoms with Gasteiger partial charge in [0.2, 0.25) is 5.91 Å². The number of para-hydroxylation sites is 1. The number of nitrogens with zero attached hydrogens (tertiary/aromatic N) is 1. The fourth-order valence-corrected chi connectivity index (χ4v) is 5.38. The first-order valence-corrected chi connectivity index (χ1v) is 13.3. The van der Waals surface area contributed by atoms with Gasteiger partial charge in [-0.15, -0.1) is 11.8 Å². The molecule has 8 heteroatoms. The molecule has 4 rings (SSSR count). The minimum absolute atomic E-state index is 0.0733.